The molecule has 1 aliphatic heterocycles. The fourth-order valence-corrected chi connectivity index (χ4v) is 3.36. The van der Waals surface area contributed by atoms with Crippen LogP contribution in [0.15, 0.2) is 91.0 Å². The van der Waals surface area contributed by atoms with Crippen LogP contribution in [0.2, 0.25) is 0 Å². The quantitative estimate of drug-likeness (QED) is 0.566. The lowest BCUT2D eigenvalue weighted by Gasteiger charge is -2.21. The number of nitrogens with zero attached hydrogens (tertiary/aromatic N) is 1. The number of carbonyl (C=O) groups excluding carboxylic acids is 1. The molecule has 1 atom stereocenters. The maximum Gasteiger partial charge on any atom is 0.248 e. The first-order valence-electron chi connectivity index (χ1n) is 9.72. The summed E-state index contributed by atoms with van der Waals surface area (Å²) < 4.78 is 11.5. The predicted molar refractivity (Wildman–Crippen MR) is 114 cm³/mol. The molecule has 0 bridgehead atoms. The molecule has 1 fully saturated rings. The SMILES string of the molecule is O=C(C=Cc1ccccc1Oc1ccccc1)N1COCC1Cc1ccccc1. The molecule has 0 aromatic heterocycles. The molecule has 1 amide bonds. The van der Waals surface area contributed by atoms with Crippen molar-refractivity contribution in [2.45, 2.75) is 12.5 Å². The van der Waals surface area contributed by atoms with E-state index in [1.165, 1.54) is 5.56 Å². The maximum absolute atomic E-state index is 12.8. The standard InChI is InChI=1S/C25H23NO3/c27-25(26-19-28-18-22(26)17-20-9-3-1-4-10-20)16-15-21-11-7-8-14-24(21)29-23-12-5-2-6-13-23/h1-16,22H,17-19H2. The Balaban J connectivity index is 1.45. The molecule has 1 aliphatic rings. The lowest BCUT2D eigenvalue weighted by molar-refractivity contribution is -0.127. The van der Waals surface area contributed by atoms with E-state index in [-0.39, 0.29) is 11.9 Å². The van der Waals surface area contributed by atoms with Gasteiger partial charge in [0.25, 0.3) is 0 Å². The molecule has 0 spiro atoms. The van der Waals surface area contributed by atoms with Crippen LogP contribution in [0.1, 0.15) is 11.1 Å². The topological polar surface area (TPSA) is 38.8 Å². The Labute approximate surface area is 171 Å². The molecule has 3 aromatic rings. The first-order valence-corrected chi connectivity index (χ1v) is 9.72. The van der Waals surface area contributed by atoms with Gasteiger partial charge in [-0.1, -0.05) is 66.7 Å². The van der Waals surface area contributed by atoms with Crippen molar-refractivity contribution in [2.24, 2.45) is 0 Å². The third kappa shape index (κ3) is 4.92. The Morgan fingerprint density at radius 1 is 0.966 bits per heavy atom. The first kappa shape index (κ1) is 19.0. The van der Waals surface area contributed by atoms with Crippen molar-refractivity contribution < 1.29 is 14.3 Å². The smallest absolute Gasteiger partial charge is 0.248 e. The zero-order valence-corrected chi connectivity index (χ0v) is 16.1. The van der Waals surface area contributed by atoms with E-state index < -0.39 is 0 Å². The van der Waals surface area contributed by atoms with E-state index in [4.69, 9.17) is 9.47 Å². The van der Waals surface area contributed by atoms with Crippen LogP contribution in [0, 0.1) is 0 Å². The normalized spacial score (nSPS) is 16.3. The third-order valence-electron chi connectivity index (χ3n) is 4.87. The van der Waals surface area contributed by atoms with E-state index >= 15 is 0 Å². The lowest BCUT2D eigenvalue weighted by atomic mass is 10.1. The fourth-order valence-electron chi connectivity index (χ4n) is 3.36. The van der Waals surface area contributed by atoms with E-state index in [0.717, 1.165) is 17.7 Å². The summed E-state index contributed by atoms with van der Waals surface area (Å²) in [5, 5.41) is 0. The molecule has 3 aromatic carbocycles. The number of hydrogen-bond donors (Lipinski definition) is 0. The molecule has 146 valence electrons. The second-order valence-corrected chi connectivity index (χ2v) is 6.94. The summed E-state index contributed by atoms with van der Waals surface area (Å²) in [4.78, 5) is 14.6. The van der Waals surface area contributed by atoms with Gasteiger partial charge in [0.2, 0.25) is 5.91 Å². The molecule has 1 unspecified atom stereocenters. The number of amides is 1. The van der Waals surface area contributed by atoms with Crippen molar-refractivity contribution >= 4 is 12.0 Å². The first-order chi connectivity index (χ1) is 14.3. The van der Waals surface area contributed by atoms with Gasteiger partial charge in [-0.15, -0.1) is 0 Å². The van der Waals surface area contributed by atoms with E-state index in [9.17, 15) is 4.79 Å². The molecular formula is C25H23NO3. The van der Waals surface area contributed by atoms with Gasteiger partial charge in [-0.25, -0.2) is 0 Å². The van der Waals surface area contributed by atoms with Crippen LogP contribution in [-0.2, 0) is 16.0 Å². The highest BCUT2D eigenvalue weighted by Gasteiger charge is 2.28. The van der Waals surface area contributed by atoms with Crippen LogP contribution >= 0.6 is 0 Å². The lowest BCUT2D eigenvalue weighted by Crippen LogP contribution is -2.36. The van der Waals surface area contributed by atoms with Gasteiger partial charge in [-0.3, -0.25) is 4.79 Å². The average Bonchev–Trinajstić information content (AvgIpc) is 3.22. The van der Waals surface area contributed by atoms with Crippen LogP contribution in [0.25, 0.3) is 6.08 Å². The predicted octanol–water partition coefficient (Wildman–Crippen LogP) is 4.92. The molecule has 29 heavy (non-hydrogen) atoms. The van der Waals surface area contributed by atoms with Gasteiger partial charge in [-0.05, 0) is 36.3 Å². The van der Waals surface area contributed by atoms with Gasteiger partial charge in [0.1, 0.15) is 18.2 Å². The maximum atomic E-state index is 12.8. The van der Waals surface area contributed by atoms with E-state index in [1.807, 2.05) is 72.8 Å². The molecule has 0 radical (unpaired) electrons. The summed E-state index contributed by atoms with van der Waals surface area (Å²) in [6.07, 6.45) is 4.19. The van der Waals surface area contributed by atoms with E-state index in [2.05, 4.69) is 12.1 Å². The number of rotatable bonds is 6. The highest BCUT2D eigenvalue weighted by atomic mass is 16.5. The summed E-state index contributed by atoms with van der Waals surface area (Å²) in [6, 6.07) is 27.5. The summed E-state index contributed by atoms with van der Waals surface area (Å²) in [5.41, 5.74) is 2.05. The number of hydrogen-bond acceptors (Lipinski definition) is 3. The van der Waals surface area contributed by atoms with Crippen molar-refractivity contribution in [1.29, 1.82) is 0 Å². The molecule has 4 heteroatoms. The summed E-state index contributed by atoms with van der Waals surface area (Å²) in [6.45, 7) is 0.880. The molecule has 0 N–H and O–H groups in total. The summed E-state index contributed by atoms with van der Waals surface area (Å²) >= 11 is 0. The number of para-hydroxylation sites is 2. The van der Waals surface area contributed by atoms with Crippen LogP contribution in [-0.4, -0.2) is 30.2 Å². The largest absolute Gasteiger partial charge is 0.457 e. The van der Waals surface area contributed by atoms with Crippen LogP contribution in [0.4, 0.5) is 0 Å². The van der Waals surface area contributed by atoms with Gasteiger partial charge in [0.05, 0.1) is 12.6 Å². The van der Waals surface area contributed by atoms with E-state index in [0.29, 0.717) is 19.1 Å². The second-order valence-electron chi connectivity index (χ2n) is 6.94. The highest BCUT2D eigenvalue weighted by Crippen LogP contribution is 2.26. The Hall–Kier alpha value is -3.37. The van der Waals surface area contributed by atoms with Gasteiger partial charge in [0.15, 0.2) is 0 Å². The van der Waals surface area contributed by atoms with Crippen molar-refractivity contribution in [3.05, 3.63) is 102 Å². The number of benzene rings is 3. The zero-order valence-electron chi connectivity index (χ0n) is 16.1. The zero-order chi connectivity index (χ0) is 19.9. The molecular weight excluding hydrogens is 362 g/mol. The van der Waals surface area contributed by atoms with Gasteiger partial charge in [0, 0.05) is 11.6 Å². The minimum absolute atomic E-state index is 0.0466. The van der Waals surface area contributed by atoms with Crippen LogP contribution in [0.5, 0.6) is 11.5 Å². The van der Waals surface area contributed by atoms with Gasteiger partial charge < -0.3 is 14.4 Å². The van der Waals surface area contributed by atoms with Gasteiger partial charge in [-0.2, -0.15) is 0 Å². The number of carbonyl (C=O) groups is 1. The average molecular weight is 385 g/mol. The molecule has 1 saturated heterocycles. The molecule has 0 saturated carbocycles. The molecule has 4 nitrogen and oxygen atoms in total. The fraction of sp³-hybridized carbons (Fsp3) is 0.160. The minimum atomic E-state index is -0.0575. The second kappa shape index (κ2) is 9.22. The Morgan fingerprint density at radius 3 is 2.45 bits per heavy atom. The van der Waals surface area contributed by atoms with Crippen molar-refractivity contribution in [2.75, 3.05) is 13.3 Å². The van der Waals surface area contributed by atoms with E-state index in [1.54, 1.807) is 17.1 Å². The molecule has 4 rings (SSSR count). The van der Waals surface area contributed by atoms with Crippen molar-refractivity contribution in [3.63, 3.8) is 0 Å². The van der Waals surface area contributed by atoms with Crippen molar-refractivity contribution in [3.8, 4) is 11.5 Å². The van der Waals surface area contributed by atoms with Crippen molar-refractivity contribution in [1.82, 2.24) is 4.90 Å². The molecule has 1 heterocycles. The monoisotopic (exact) mass is 385 g/mol. The summed E-state index contributed by atoms with van der Waals surface area (Å²) in [5.74, 6) is 1.41. The summed E-state index contributed by atoms with van der Waals surface area (Å²) in [7, 11) is 0. The molecule has 0 aliphatic carbocycles. The minimum Gasteiger partial charge on any atom is -0.457 e. The highest BCUT2D eigenvalue weighted by molar-refractivity contribution is 5.92. The van der Waals surface area contributed by atoms with Crippen LogP contribution < -0.4 is 4.74 Å². The Bertz CT molecular complexity index is 970. The Kier molecular flexibility index (Phi) is 6.03. The van der Waals surface area contributed by atoms with Gasteiger partial charge >= 0.3 is 0 Å². The third-order valence-corrected chi connectivity index (χ3v) is 4.87. The Morgan fingerprint density at radius 2 is 1.66 bits per heavy atom. The van der Waals surface area contributed by atoms with Crippen LogP contribution in [0.3, 0.4) is 0 Å². The number of ether oxygens (including phenoxy) is 2.